The highest BCUT2D eigenvalue weighted by Gasteiger charge is 2.27. The number of rotatable bonds is 5. The van der Waals surface area contributed by atoms with Crippen molar-refractivity contribution in [3.8, 4) is 0 Å². The van der Waals surface area contributed by atoms with Crippen LogP contribution in [0.1, 0.15) is 12.1 Å². The number of nitrogens with zero attached hydrogens (tertiary/aromatic N) is 6. The lowest BCUT2D eigenvalue weighted by molar-refractivity contribution is 0.322. The van der Waals surface area contributed by atoms with Gasteiger partial charge in [-0.1, -0.05) is 0 Å². The van der Waals surface area contributed by atoms with E-state index in [1.165, 1.54) is 5.69 Å². The highest BCUT2D eigenvalue weighted by atomic mass is 32.1. The molecule has 6 nitrogen and oxygen atoms in total. The second-order valence-corrected chi connectivity index (χ2v) is 6.60. The Morgan fingerprint density at radius 1 is 1.32 bits per heavy atom. The summed E-state index contributed by atoms with van der Waals surface area (Å²) in [5.74, 6) is 1.74. The molecular formula is C15H22N6S. The van der Waals surface area contributed by atoms with Gasteiger partial charge in [0.2, 0.25) is 5.95 Å². The molecule has 1 saturated heterocycles. The van der Waals surface area contributed by atoms with E-state index in [1.807, 2.05) is 36.8 Å². The summed E-state index contributed by atoms with van der Waals surface area (Å²) in [5.41, 5.74) is 3.07. The number of likely N-dealkylation sites (N-methyl/N-ethyl adjacent to an activating group) is 1. The van der Waals surface area contributed by atoms with Crippen molar-refractivity contribution >= 4 is 23.1 Å². The smallest absolute Gasteiger partial charge is 0.226 e. The van der Waals surface area contributed by atoms with Crippen LogP contribution in [0, 0.1) is 0 Å². The van der Waals surface area contributed by atoms with Gasteiger partial charge < -0.3 is 9.80 Å². The van der Waals surface area contributed by atoms with Crippen LogP contribution < -0.4 is 9.80 Å². The molecule has 0 amide bonds. The van der Waals surface area contributed by atoms with Crippen LogP contribution in [0.4, 0.5) is 11.8 Å². The zero-order valence-electron chi connectivity index (χ0n) is 13.3. The van der Waals surface area contributed by atoms with Crippen LogP contribution in [0.5, 0.6) is 0 Å². The molecule has 0 spiro atoms. The van der Waals surface area contributed by atoms with E-state index in [0.29, 0.717) is 6.04 Å². The van der Waals surface area contributed by atoms with E-state index in [9.17, 15) is 0 Å². The number of likely N-dealkylation sites (tertiary alicyclic amines) is 1. The molecule has 1 fully saturated rings. The van der Waals surface area contributed by atoms with Crippen LogP contribution in [-0.2, 0) is 6.54 Å². The number of thiazole rings is 1. The van der Waals surface area contributed by atoms with Gasteiger partial charge >= 0.3 is 0 Å². The van der Waals surface area contributed by atoms with Gasteiger partial charge in [0.05, 0.1) is 11.2 Å². The predicted molar refractivity (Wildman–Crippen MR) is 90.6 cm³/mol. The van der Waals surface area contributed by atoms with Crippen LogP contribution in [0.2, 0.25) is 0 Å². The van der Waals surface area contributed by atoms with Gasteiger partial charge in [-0.2, -0.15) is 4.98 Å². The molecule has 0 bridgehead atoms. The van der Waals surface area contributed by atoms with Gasteiger partial charge in [-0.25, -0.2) is 9.97 Å². The maximum absolute atomic E-state index is 4.63. The standard InChI is InChI=1S/C15H22N6S/c1-19(2)15-16-6-4-14(18-15)20(3)13-5-7-21(9-13)8-12-10-22-11-17-12/h4,6,10-11,13H,5,7-9H2,1-3H3. The molecule has 7 heteroatoms. The molecule has 0 aromatic carbocycles. The van der Waals surface area contributed by atoms with E-state index in [2.05, 4.69) is 37.2 Å². The van der Waals surface area contributed by atoms with Crippen molar-refractivity contribution in [1.29, 1.82) is 0 Å². The largest absolute Gasteiger partial charge is 0.355 e. The molecule has 1 atom stereocenters. The number of aromatic nitrogens is 3. The molecular weight excluding hydrogens is 296 g/mol. The lowest BCUT2D eigenvalue weighted by Crippen LogP contribution is -2.35. The molecule has 3 heterocycles. The first kappa shape index (κ1) is 15.2. The number of anilines is 2. The van der Waals surface area contributed by atoms with E-state index in [0.717, 1.165) is 37.8 Å². The van der Waals surface area contributed by atoms with Gasteiger partial charge in [0.1, 0.15) is 5.82 Å². The molecule has 1 unspecified atom stereocenters. The Balaban J connectivity index is 1.63. The second-order valence-electron chi connectivity index (χ2n) is 5.88. The lowest BCUT2D eigenvalue weighted by atomic mass is 10.2. The van der Waals surface area contributed by atoms with Crippen LogP contribution >= 0.6 is 11.3 Å². The Kier molecular flexibility index (Phi) is 4.54. The summed E-state index contributed by atoms with van der Waals surface area (Å²) in [5, 5.41) is 2.13. The Labute approximate surface area is 135 Å². The van der Waals surface area contributed by atoms with Crippen molar-refractivity contribution in [2.45, 2.75) is 19.0 Å². The molecule has 0 radical (unpaired) electrons. The predicted octanol–water partition coefficient (Wildman–Crippen LogP) is 1.71. The van der Waals surface area contributed by atoms with E-state index in [1.54, 1.807) is 11.3 Å². The third-order valence-electron chi connectivity index (χ3n) is 4.05. The van der Waals surface area contributed by atoms with Crippen LogP contribution in [0.15, 0.2) is 23.2 Å². The van der Waals surface area contributed by atoms with Gasteiger partial charge in [-0.3, -0.25) is 4.90 Å². The minimum absolute atomic E-state index is 0.489. The summed E-state index contributed by atoms with van der Waals surface area (Å²) in [4.78, 5) is 20.0. The van der Waals surface area contributed by atoms with E-state index >= 15 is 0 Å². The second kappa shape index (κ2) is 6.58. The SMILES string of the molecule is CN(C)c1nccc(N(C)C2CCN(Cc3cscn3)C2)n1. The molecule has 2 aromatic rings. The van der Waals surface area contributed by atoms with Gasteiger partial charge in [0.15, 0.2) is 0 Å². The van der Waals surface area contributed by atoms with Crippen molar-refractivity contribution in [3.05, 3.63) is 28.8 Å². The first-order chi connectivity index (χ1) is 10.6. The summed E-state index contributed by atoms with van der Waals surface area (Å²) in [6, 6.07) is 2.47. The highest BCUT2D eigenvalue weighted by Crippen LogP contribution is 2.22. The fraction of sp³-hybridized carbons (Fsp3) is 0.533. The normalized spacial score (nSPS) is 18.6. The average molecular weight is 318 g/mol. The lowest BCUT2D eigenvalue weighted by Gasteiger charge is -2.26. The fourth-order valence-corrected chi connectivity index (χ4v) is 3.30. The zero-order valence-corrected chi connectivity index (χ0v) is 14.1. The van der Waals surface area contributed by atoms with Crippen LogP contribution in [-0.4, -0.2) is 60.1 Å². The third kappa shape index (κ3) is 3.36. The van der Waals surface area contributed by atoms with Gasteiger partial charge in [-0.05, 0) is 12.5 Å². The van der Waals surface area contributed by atoms with Crippen LogP contribution in [0.25, 0.3) is 0 Å². The fourth-order valence-electron chi connectivity index (χ4n) is 2.75. The van der Waals surface area contributed by atoms with Crippen molar-refractivity contribution in [1.82, 2.24) is 19.9 Å². The van der Waals surface area contributed by atoms with Crippen molar-refractivity contribution in [2.75, 3.05) is 44.0 Å². The summed E-state index contributed by atoms with van der Waals surface area (Å²) < 4.78 is 0. The third-order valence-corrected chi connectivity index (χ3v) is 4.69. The van der Waals surface area contributed by atoms with Crippen molar-refractivity contribution < 1.29 is 0 Å². The number of hydrogen-bond donors (Lipinski definition) is 0. The quantitative estimate of drug-likeness (QED) is 0.836. The summed E-state index contributed by atoms with van der Waals surface area (Å²) in [7, 11) is 6.05. The van der Waals surface area contributed by atoms with Gasteiger partial charge in [0, 0.05) is 58.4 Å². The van der Waals surface area contributed by atoms with Crippen molar-refractivity contribution in [3.63, 3.8) is 0 Å². The van der Waals surface area contributed by atoms with Crippen LogP contribution in [0.3, 0.4) is 0 Å². The summed E-state index contributed by atoms with van der Waals surface area (Å²) in [6.07, 6.45) is 2.98. The monoisotopic (exact) mass is 318 g/mol. The average Bonchev–Trinajstić information content (AvgIpc) is 3.19. The van der Waals surface area contributed by atoms with E-state index in [-0.39, 0.29) is 0 Å². The molecule has 0 saturated carbocycles. The maximum Gasteiger partial charge on any atom is 0.226 e. The molecule has 1 aliphatic rings. The molecule has 3 rings (SSSR count). The van der Waals surface area contributed by atoms with E-state index < -0.39 is 0 Å². The molecule has 1 aliphatic heterocycles. The summed E-state index contributed by atoms with van der Waals surface area (Å²) >= 11 is 1.66. The Morgan fingerprint density at radius 3 is 2.91 bits per heavy atom. The topological polar surface area (TPSA) is 48.4 Å². The molecule has 0 aliphatic carbocycles. The Bertz CT molecular complexity index is 600. The Hall–Kier alpha value is -1.73. The van der Waals surface area contributed by atoms with Gasteiger partial charge in [-0.15, -0.1) is 11.3 Å². The number of hydrogen-bond acceptors (Lipinski definition) is 7. The van der Waals surface area contributed by atoms with Gasteiger partial charge in [0.25, 0.3) is 0 Å². The molecule has 2 aromatic heterocycles. The summed E-state index contributed by atoms with van der Waals surface area (Å²) in [6.45, 7) is 3.11. The molecule has 0 N–H and O–H groups in total. The first-order valence-corrected chi connectivity index (χ1v) is 8.40. The van der Waals surface area contributed by atoms with E-state index in [4.69, 9.17) is 0 Å². The first-order valence-electron chi connectivity index (χ1n) is 7.46. The zero-order chi connectivity index (χ0) is 15.5. The minimum atomic E-state index is 0.489. The Morgan fingerprint density at radius 2 is 2.18 bits per heavy atom. The minimum Gasteiger partial charge on any atom is -0.355 e. The molecule has 22 heavy (non-hydrogen) atoms. The van der Waals surface area contributed by atoms with Crippen molar-refractivity contribution in [2.24, 2.45) is 0 Å². The molecule has 118 valence electrons. The highest BCUT2D eigenvalue weighted by molar-refractivity contribution is 7.07. The maximum atomic E-state index is 4.63.